The van der Waals surface area contributed by atoms with Crippen LogP contribution in [-0.2, 0) is 14.8 Å². The summed E-state index contributed by atoms with van der Waals surface area (Å²) in [6, 6.07) is 0.924. The second-order valence-corrected chi connectivity index (χ2v) is 7.07. The van der Waals surface area contributed by atoms with Crippen LogP contribution in [0.1, 0.15) is 6.92 Å². The van der Waals surface area contributed by atoms with Gasteiger partial charge in [0.15, 0.2) is 5.82 Å². The Morgan fingerprint density at radius 1 is 1.57 bits per heavy atom. The maximum absolute atomic E-state index is 14.0. The molecule has 0 saturated heterocycles. The van der Waals surface area contributed by atoms with Gasteiger partial charge in [-0.05, 0) is 28.9 Å². The lowest BCUT2D eigenvalue weighted by molar-refractivity contribution is -0.128. The third-order valence-corrected chi connectivity index (χ3v) is 5.54. The molecule has 0 saturated carbocycles. The number of nitrogens with two attached hydrogens (primary N) is 1. The zero-order valence-electron chi connectivity index (χ0n) is 11.3. The summed E-state index contributed by atoms with van der Waals surface area (Å²) < 4.78 is 40.1. The van der Waals surface area contributed by atoms with Crippen LogP contribution in [0.5, 0.6) is 0 Å². The molecule has 10 heteroatoms. The minimum atomic E-state index is -4.25. The van der Waals surface area contributed by atoms with E-state index in [9.17, 15) is 17.6 Å². The number of hydrogen-bond donors (Lipinski definition) is 2. The highest BCUT2D eigenvalue weighted by atomic mass is 79.9. The summed E-state index contributed by atoms with van der Waals surface area (Å²) in [5, 5.41) is -0.0497. The number of carbonyl (C=O) groups excluding carboxylic acids is 1. The molecule has 1 amide bonds. The smallest absolute Gasteiger partial charge is 0.244 e. The van der Waals surface area contributed by atoms with Crippen molar-refractivity contribution in [3.63, 3.8) is 0 Å². The van der Waals surface area contributed by atoms with Crippen LogP contribution in [0.4, 0.5) is 10.1 Å². The Hall–Kier alpha value is -0.900. The minimum absolute atomic E-state index is 0.0497. The van der Waals surface area contributed by atoms with Gasteiger partial charge in [-0.3, -0.25) is 4.79 Å². The van der Waals surface area contributed by atoms with Crippen LogP contribution in [0, 0.1) is 5.82 Å². The zero-order chi connectivity index (χ0) is 16.4. The van der Waals surface area contributed by atoms with Crippen molar-refractivity contribution in [3.05, 3.63) is 21.4 Å². The van der Waals surface area contributed by atoms with Gasteiger partial charge < -0.3 is 10.6 Å². The molecule has 118 valence electrons. The number of nitrogens with one attached hydrogen (secondary N) is 1. The van der Waals surface area contributed by atoms with E-state index in [1.54, 1.807) is 6.92 Å². The molecule has 0 atom stereocenters. The number of hydrogen-bond acceptors (Lipinski definition) is 4. The van der Waals surface area contributed by atoms with Crippen LogP contribution in [0.3, 0.4) is 0 Å². The van der Waals surface area contributed by atoms with Gasteiger partial charge in [0.1, 0.15) is 4.90 Å². The predicted molar refractivity (Wildman–Crippen MR) is 82.0 cm³/mol. The predicted octanol–water partition coefficient (Wildman–Crippen LogP) is 1.58. The van der Waals surface area contributed by atoms with Gasteiger partial charge in [0, 0.05) is 13.6 Å². The molecule has 1 aromatic carbocycles. The molecule has 6 nitrogen and oxygen atoms in total. The highest BCUT2D eigenvalue weighted by Crippen LogP contribution is 2.34. The summed E-state index contributed by atoms with van der Waals surface area (Å²) in [4.78, 5) is 12.2. The summed E-state index contributed by atoms with van der Waals surface area (Å²) in [6.07, 6.45) is 0. The van der Waals surface area contributed by atoms with Crippen LogP contribution in [0.25, 0.3) is 0 Å². The second kappa shape index (κ2) is 6.91. The number of nitrogens with zero attached hydrogens (tertiary/aromatic N) is 1. The highest BCUT2D eigenvalue weighted by Gasteiger charge is 2.25. The zero-order valence-corrected chi connectivity index (χ0v) is 14.4. The van der Waals surface area contributed by atoms with Gasteiger partial charge in [-0.2, -0.15) is 0 Å². The molecular weight excluding hydrogens is 389 g/mol. The summed E-state index contributed by atoms with van der Waals surface area (Å²) in [5.41, 5.74) is 5.02. The van der Waals surface area contributed by atoms with Gasteiger partial charge in [-0.1, -0.05) is 11.6 Å². The van der Waals surface area contributed by atoms with E-state index in [1.807, 2.05) is 4.72 Å². The number of nitrogen functional groups attached to an aromatic ring is 1. The standard InChI is InChI=1S/C11H14BrClFN3O3S/c1-3-17(2)8(18)5-16-21(19,20)7-4-6(13)9(12)11(15)10(7)14/h4,16H,3,5,15H2,1-2H3. The maximum Gasteiger partial charge on any atom is 0.244 e. The third kappa shape index (κ3) is 4.06. The number of rotatable bonds is 5. The van der Waals surface area contributed by atoms with Crippen LogP contribution >= 0.6 is 27.5 Å². The van der Waals surface area contributed by atoms with Crippen molar-refractivity contribution >= 4 is 49.1 Å². The number of amides is 1. The van der Waals surface area contributed by atoms with Crippen LogP contribution in [-0.4, -0.2) is 39.4 Å². The lowest BCUT2D eigenvalue weighted by Crippen LogP contribution is -2.38. The first-order valence-corrected chi connectivity index (χ1v) is 8.43. The molecule has 0 radical (unpaired) electrons. The Labute approximate surface area is 135 Å². The number of likely N-dealkylation sites (N-methyl/N-ethyl adjacent to an activating group) is 1. The third-order valence-electron chi connectivity index (χ3n) is 2.76. The Bertz CT molecular complexity index is 669. The topological polar surface area (TPSA) is 92.5 Å². The Balaban J connectivity index is 3.07. The molecule has 0 aliphatic carbocycles. The first-order valence-electron chi connectivity index (χ1n) is 5.78. The van der Waals surface area contributed by atoms with Gasteiger partial charge in [-0.25, -0.2) is 17.5 Å². The van der Waals surface area contributed by atoms with Crippen molar-refractivity contribution < 1.29 is 17.6 Å². The monoisotopic (exact) mass is 401 g/mol. The molecule has 1 aromatic rings. The molecule has 0 bridgehead atoms. The van der Waals surface area contributed by atoms with Gasteiger partial charge in [0.2, 0.25) is 15.9 Å². The van der Waals surface area contributed by atoms with Gasteiger partial charge in [0.25, 0.3) is 0 Å². The van der Waals surface area contributed by atoms with E-state index in [1.165, 1.54) is 11.9 Å². The largest absolute Gasteiger partial charge is 0.395 e. The molecule has 21 heavy (non-hydrogen) atoms. The van der Waals surface area contributed by atoms with Crippen molar-refractivity contribution in [3.8, 4) is 0 Å². The van der Waals surface area contributed by atoms with E-state index in [-0.39, 0.29) is 9.50 Å². The first-order chi connectivity index (χ1) is 9.61. The Morgan fingerprint density at radius 3 is 2.67 bits per heavy atom. The fourth-order valence-electron chi connectivity index (χ4n) is 1.34. The molecule has 1 rings (SSSR count). The normalized spacial score (nSPS) is 11.5. The van der Waals surface area contributed by atoms with Crippen LogP contribution < -0.4 is 10.5 Å². The lowest BCUT2D eigenvalue weighted by atomic mass is 10.3. The van der Waals surface area contributed by atoms with Gasteiger partial charge >= 0.3 is 0 Å². The molecule has 0 aromatic heterocycles. The maximum atomic E-state index is 14.0. The van der Waals surface area contributed by atoms with E-state index < -0.39 is 38.9 Å². The van der Waals surface area contributed by atoms with Gasteiger partial charge in [-0.15, -0.1) is 0 Å². The molecule has 0 aliphatic heterocycles. The minimum Gasteiger partial charge on any atom is -0.395 e. The van der Waals surface area contributed by atoms with Crippen molar-refractivity contribution in [2.45, 2.75) is 11.8 Å². The number of anilines is 1. The van der Waals surface area contributed by atoms with E-state index in [4.69, 9.17) is 17.3 Å². The van der Waals surface area contributed by atoms with Crippen molar-refractivity contribution in [2.75, 3.05) is 25.9 Å². The molecular formula is C11H14BrClFN3O3S. The Kier molecular flexibility index (Phi) is 5.97. The van der Waals surface area contributed by atoms with Crippen molar-refractivity contribution in [1.82, 2.24) is 9.62 Å². The number of benzene rings is 1. The summed E-state index contributed by atoms with van der Waals surface area (Å²) >= 11 is 8.72. The SMILES string of the molecule is CCN(C)C(=O)CNS(=O)(=O)c1cc(Cl)c(Br)c(N)c1F. The number of carbonyl (C=O) groups is 1. The van der Waals surface area contributed by atoms with E-state index in [2.05, 4.69) is 15.9 Å². The number of sulfonamides is 1. The van der Waals surface area contributed by atoms with E-state index in [0.29, 0.717) is 6.54 Å². The van der Waals surface area contributed by atoms with Crippen molar-refractivity contribution in [1.29, 1.82) is 0 Å². The molecule has 0 aliphatic rings. The molecule has 0 unspecified atom stereocenters. The molecule has 0 heterocycles. The quantitative estimate of drug-likeness (QED) is 0.578. The average molecular weight is 403 g/mol. The molecule has 3 N–H and O–H groups in total. The van der Waals surface area contributed by atoms with Gasteiger partial charge in [0.05, 0.1) is 21.7 Å². The summed E-state index contributed by atoms with van der Waals surface area (Å²) in [7, 11) is -2.73. The molecule has 0 spiro atoms. The van der Waals surface area contributed by atoms with Crippen molar-refractivity contribution in [2.24, 2.45) is 0 Å². The van der Waals surface area contributed by atoms with E-state index >= 15 is 0 Å². The Morgan fingerprint density at radius 2 is 2.14 bits per heavy atom. The second-order valence-electron chi connectivity index (χ2n) is 4.13. The highest BCUT2D eigenvalue weighted by molar-refractivity contribution is 9.10. The lowest BCUT2D eigenvalue weighted by Gasteiger charge is -2.15. The number of halogens is 3. The summed E-state index contributed by atoms with van der Waals surface area (Å²) in [5.74, 6) is -1.58. The fourth-order valence-corrected chi connectivity index (χ4v) is 2.99. The van der Waals surface area contributed by atoms with Crippen LogP contribution in [0.15, 0.2) is 15.4 Å². The summed E-state index contributed by atoms with van der Waals surface area (Å²) in [6.45, 7) is 1.67. The van der Waals surface area contributed by atoms with E-state index in [0.717, 1.165) is 6.07 Å². The average Bonchev–Trinajstić information content (AvgIpc) is 2.45. The first kappa shape index (κ1) is 18.1. The molecule has 0 fully saturated rings. The fraction of sp³-hybridized carbons (Fsp3) is 0.364. The van der Waals surface area contributed by atoms with Crippen LogP contribution in [0.2, 0.25) is 5.02 Å².